The van der Waals surface area contributed by atoms with Crippen LogP contribution in [0.1, 0.15) is 0 Å². The van der Waals surface area contributed by atoms with Crippen LogP contribution in [0.15, 0.2) is 47.0 Å². The quantitative estimate of drug-likeness (QED) is 0.389. The van der Waals surface area contributed by atoms with Crippen LogP contribution in [0.2, 0.25) is 5.02 Å². The second-order valence-electron chi connectivity index (χ2n) is 4.07. The van der Waals surface area contributed by atoms with Crippen molar-refractivity contribution in [1.29, 1.82) is 0 Å². The maximum atomic E-state index is 12.2. The van der Waals surface area contributed by atoms with Gasteiger partial charge in [-0.1, -0.05) is 30.3 Å². The maximum absolute atomic E-state index is 12.2. The highest BCUT2D eigenvalue weighted by Gasteiger charge is 2.20. The molecule has 0 aliphatic rings. The van der Waals surface area contributed by atoms with Crippen molar-refractivity contribution in [2.24, 2.45) is 0 Å². The zero-order valence-corrected chi connectivity index (χ0v) is 13.5. The molecule has 0 bridgehead atoms. The number of anilines is 1. The largest absolute Gasteiger partial charge is 0.345 e. The van der Waals surface area contributed by atoms with Crippen molar-refractivity contribution in [3.8, 4) is 0 Å². The van der Waals surface area contributed by atoms with Crippen LogP contribution in [-0.4, -0.2) is 30.8 Å². The third-order valence-corrected chi connectivity index (χ3v) is 3.66. The van der Waals surface area contributed by atoms with Crippen LogP contribution in [0.5, 0.6) is 0 Å². The lowest BCUT2D eigenvalue weighted by Crippen LogP contribution is -2.30. The Hall–Kier alpha value is -1.59. The number of halogens is 2. The molecule has 2 amide bonds. The van der Waals surface area contributed by atoms with E-state index in [0.717, 1.165) is 0 Å². The molecular formula is C14H14BrClN2O2. The molecule has 0 radical (unpaired) electrons. The van der Waals surface area contributed by atoms with Crippen LogP contribution < -0.4 is 5.32 Å². The normalized spacial score (nSPS) is 10.9. The number of carbonyl (C=O) groups excluding carboxylic acids is 2. The van der Waals surface area contributed by atoms with Crippen molar-refractivity contribution < 1.29 is 9.59 Å². The van der Waals surface area contributed by atoms with E-state index >= 15 is 0 Å². The second kappa shape index (κ2) is 7.26. The topological polar surface area (TPSA) is 49.4 Å². The molecule has 0 saturated heterocycles. The van der Waals surface area contributed by atoms with Gasteiger partial charge in [0, 0.05) is 18.6 Å². The Morgan fingerprint density at radius 1 is 1.40 bits per heavy atom. The molecule has 20 heavy (non-hydrogen) atoms. The molecule has 0 heterocycles. The lowest BCUT2D eigenvalue weighted by molar-refractivity contribution is -0.127. The van der Waals surface area contributed by atoms with E-state index in [0.29, 0.717) is 15.2 Å². The smallest absolute Gasteiger partial charge is 0.261 e. The van der Waals surface area contributed by atoms with Gasteiger partial charge < -0.3 is 10.2 Å². The van der Waals surface area contributed by atoms with Gasteiger partial charge >= 0.3 is 0 Å². The van der Waals surface area contributed by atoms with Crippen molar-refractivity contribution in [2.75, 3.05) is 19.4 Å². The zero-order valence-electron chi connectivity index (χ0n) is 11.1. The summed E-state index contributed by atoms with van der Waals surface area (Å²) in [5.74, 6) is -0.947. The van der Waals surface area contributed by atoms with E-state index < -0.39 is 11.8 Å². The van der Waals surface area contributed by atoms with Gasteiger partial charge in [0.2, 0.25) is 0 Å². The summed E-state index contributed by atoms with van der Waals surface area (Å²) in [5.41, 5.74) is 0.411. The third-order valence-electron chi connectivity index (χ3n) is 2.37. The van der Waals surface area contributed by atoms with Crippen LogP contribution >= 0.6 is 27.5 Å². The highest BCUT2D eigenvalue weighted by atomic mass is 79.9. The third kappa shape index (κ3) is 3.95. The first-order chi connectivity index (χ1) is 9.38. The number of benzene rings is 1. The monoisotopic (exact) mass is 356 g/mol. The first-order valence-electron chi connectivity index (χ1n) is 5.68. The second-order valence-corrected chi connectivity index (χ2v) is 5.30. The molecule has 1 rings (SSSR count). The lowest BCUT2D eigenvalue weighted by Gasteiger charge is -2.14. The van der Waals surface area contributed by atoms with Crippen molar-refractivity contribution in [3.05, 3.63) is 52.0 Å². The summed E-state index contributed by atoms with van der Waals surface area (Å²) < 4.78 is 0.658. The molecular weight excluding hydrogens is 344 g/mol. The Bertz CT molecular complexity index is 583. The Morgan fingerprint density at radius 3 is 2.60 bits per heavy atom. The average Bonchev–Trinajstić information content (AvgIpc) is 2.40. The fourth-order valence-corrected chi connectivity index (χ4v) is 1.93. The van der Waals surface area contributed by atoms with Gasteiger partial charge in [-0.15, -0.1) is 0 Å². The molecule has 0 spiro atoms. The van der Waals surface area contributed by atoms with Gasteiger partial charge in [-0.25, -0.2) is 0 Å². The summed E-state index contributed by atoms with van der Waals surface area (Å²) in [6.45, 7) is 3.50. The number of amides is 2. The number of rotatable bonds is 4. The van der Waals surface area contributed by atoms with Crippen LogP contribution in [-0.2, 0) is 9.59 Å². The zero-order chi connectivity index (χ0) is 15.3. The number of nitrogens with zero attached hydrogens (tertiary/aromatic N) is 1. The van der Waals surface area contributed by atoms with Gasteiger partial charge in [0.05, 0.1) is 10.7 Å². The van der Waals surface area contributed by atoms with E-state index in [1.54, 1.807) is 32.3 Å². The number of likely N-dealkylation sites (N-methyl/N-ethyl adjacent to an activating group) is 1. The average molecular weight is 358 g/mol. The summed E-state index contributed by atoms with van der Waals surface area (Å²) in [4.78, 5) is 25.4. The van der Waals surface area contributed by atoms with E-state index in [4.69, 9.17) is 11.6 Å². The predicted octanol–water partition coefficient (Wildman–Crippen LogP) is 3.24. The van der Waals surface area contributed by atoms with Crippen molar-refractivity contribution in [1.82, 2.24) is 4.90 Å². The molecule has 106 valence electrons. The minimum Gasteiger partial charge on any atom is -0.345 e. The summed E-state index contributed by atoms with van der Waals surface area (Å²) in [5, 5.41) is 2.98. The summed E-state index contributed by atoms with van der Waals surface area (Å²) in [7, 11) is 3.14. The van der Waals surface area contributed by atoms with Gasteiger partial charge in [0.1, 0.15) is 5.57 Å². The molecule has 0 atom stereocenters. The molecule has 0 saturated carbocycles. The van der Waals surface area contributed by atoms with Crippen LogP contribution in [0.3, 0.4) is 0 Å². The fraction of sp³-hybridized carbons (Fsp3) is 0.143. The Labute approximate surface area is 131 Å². The van der Waals surface area contributed by atoms with Crippen molar-refractivity contribution >= 4 is 45.0 Å². The first-order valence-corrected chi connectivity index (χ1v) is 6.85. The van der Waals surface area contributed by atoms with Crippen molar-refractivity contribution in [2.45, 2.75) is 0 Å². The molecule has 0 aromatic heterocycles. The van der Waals surface area contributed by atoms with Crippen molar-refractivity contribution in [3.63, 3.8) is 0 Å². The Balaban J connectivity index is 3.04. The summed E-state index contributed by atoms with van der Waals surface area (Å²) >= 11 is 9.33. The maximum Gasteiger partial charge on any atom is 0.261 e. The molecule has 6 heteroatoms. The minimum atomic E-state index is -0.538. The van der Waals surface area contributed by atoms with Gasteiger partial charge in [-0.05, 0) is 34.1 Å². The molecule has 1 aromatic rings. The summed E-state index contributed by atoms with van der Waals surface area (Å²) in [6.07, 6.45) is 2.75. The minimum absolute atomic E-state index is 0.0129. The van der Waals surface area contributed by atoms with E-state index in [-0.39, 0.29) is 5.57 Å². The molecule has 4 nitrogen and oxygen atoms in total. The van der Waals surface area contributed by atoms with Crippen LogP contribution in [0.25, 0.3) is 0 Å². The van der Waals surface area contributed by atoms with E-state index in [1.165, 1.54) is 17.1 Å². The van der Waals surface area contributed by atoms with E-state index in [2.05, 4.69) is 27.8 Å². The molecule has 0 aliphatic heterocycles. The van der Waals surface area contributed by atoms with Gasteiger partial charge in [-0.2, -0.15) is 0 Å². The molecule has 1 aromatic carbocycles. The standard InChI is InChI=1S/C14H14BrClN2O2/c1-4-6-9(14(20)18(2)3)13(19)17-11-8-5-7-10(15)12(11)16/h4-8H,1H2,2-3H3,(H,17,19)/b9-6-. The predicted molar refractivity (Wildman–Crippen MR) is 84.8 cm³/mol. The highest BCUT2D eigenvalue weighted by molar-refractivity contribution is 9.10. The first kappa shape index (κ1) is 16.5. The fourth-order valence-electron chi connectivity index (χ4n) is 1.39. The van der Waals surface area contributed by atoms with E-state index in [9.17, 15) is 9.59 Å². The number of hydrogen-bond acceptors (Lipinski definition) is 2. The Kier molecular flexibility index (Phi) is 5.98. The Morgan fingerprint density at radius 2 is 2.05 bits per heavy atom. The highest BCUT2D eigenvalue weighted by Crippen LogP contribution is 2.30. The van der Waals surface area contributed by atoms with Gasteiger partial charge in [-0.3, -0.25) is 9.59 Å². The lowest BCUT2D eigenvalue weighted by atomic mass is 10.2. The van der Waals surface area contributed by atoms with Crippen LogP contribution in [0.4, 0.5) is 5.69 Å². The number of allylic oxidation sites excluding steroid dienone is 2. The molecule has 0 fully saturated rings. The van der Waals surface area contributed by atoms with Crippen LogP contribution in [0, 0.1) is 0 Å². The number of carbonyl (C=O) groups is 2. The SMILES string of the molecule is C=C/C=C(/C(=O)Nc1cccc(Br)c1Cl)C(=O)N(C)C. The van der Waals surface area contributed by atoms with E-state index in [1.807, 2.05) is 0 Å². The molecule has 0 unspecified atom stereocenters. The molecule has 0 aliphatic carbocycles. The molecule has 1 N–H and O–H groups in total. The number of nitrogens with one attached hydrogen (secondary N) is 1. The van der Waals surface area contributed by atoms with Gasteiger partial charge in [0.15, 0.2) is 0 Å². The number of hydrogen-bond donors (Lipinski definition) is 1. The summed E-state index contributed by atoms with van der Waals surface area (Å²) in [6, 6.07) is 5.14. The van der Waals surface area contributed by atoms with Gasteiger partial charge in [0.25, 0.3) is 11.8 Å².